The summed E-state index contributed by atoms with van der Waals surface area (Å²) in [5, 5.41) is 1.17. The number of thiazole rings is 1. The number of ether oxygens (including phenoxy) is 2. The Kier molecular flexibility index (Phi) is 4.90. The van der Waals surface area contributed by atoms with Crippen LogP contribution < -0.4 is 14.4 Å². The maximum atomic E-state index is 13.2. The fourth-order valence-electron chi connectivity index (χ4n) is 2.78. The Balaban J connectivity index is 1.71. The number of hydrogen-bond donors (Lipinski definition) is 0. The first-order valence-corrected chi connectivity index (χ1v) is 9.63. The third kappa shape index (κ3) is 3.71. The minimum Gasteiger partial charge on any atom is -0.454 e. The van der Waals surface area contributed by atoms with Crippen molar-refractivity contribution in [1.29, 1.82) is 0 Å². The number of carbonyl (C=O) groups excluding carboxylic acids is 1. The predicted octanol–water partition coefficient (Wildman–Crippen LogP) is 3.89. The highest BCUT2D eigenvalue weighted by molar-refractivity contribution is 7.22. The van der Waals surface area contributed by atoms with Gasteiger partial charge in [-0.1, -0.05) is 29.0 Å². The van der Waals surface area contributed by atoms with E-state index in [2.05, 4.69) is 4.98 Å². The van der Waals surface area contributed by atoms with Gasteiger partial charge in [-0.3, -0.25) is 9.69 Å². The standard InChI is InChI=1S/C19H18ClN3O3S/c1-22(2)6-7-23(18(24)12-4-3-5-13(20)8-12)19-21-14-9-15-16(26-11-25-15)10-17(14)27-19/h3-5,8-10H,6-7,11H2,1-2H3. The summed E-state index contributed by atoms with van der Waals surface area (Å²) in [4.78, 5) is 21.6. The topological polar surface area (TPSA) is 54.9 Å². The van der Waals surface area contributed by atoms with Crippen molar-refractivity contribution >= 4 is 44.2 Å². The van der Waals surface area contributed by atoms with Gasteiger partial charge in [0, 0.05) is 35.8 Å². The summed E-state index contributed by atoms with van der Waals surface area (Å²) in [7, 11) is 3.94. The molecule has 0 N–H and O–H groups in total. The second kappa shape index (κ2) is 7.34. The van der Waals surface area contributed by atoms with Crippen LogP contribution >= 0.6 is 22.9 Å². The molecule has 0 aliphatic carbocycles. The summed E-state index contributed by atoms with van der Waals surface area (Å²) in [5.74, 6) is 1.26. The van der Waals surface area contributed by atoms with Gasteiger partial charge in [0.2, 0.25) is 6.79 Å². The average molecular weight is 404 g/mol. The molecule has 0 saturated heterocycles. The Bertz CT molecular complexity index is 964. The highest BCUT2D eigenvalue weighted by Gasteiger charge is 2.23. The normalized spacial score (nSPS) is 12.7. The molecule has 27 heavy (non-hydrogen) atoms. The zero-order chi connectivity index (χ0) is 19.0. The fourth-order valence-corrected chi connectivity index (χ4v) is 3.97. The fraction of sp³-hybridized carbons (Fsp3) is 0.263. The van der Waals surface area contributed by atoms with Crippen LogP contribution in [0.15, 0.2) is 36.4 Å². The number of fused-ring (bicyclic) bond motifs is 2. The van der Waals surface area contributed by atoms with Crippen molar-refractivity contribution in [2.75, 3.05) is 38.9 Å². The molecule has 0 spiro atoms. The van der Waals surface area contributed by atoms with Crippen LogP contribution in [0.3, 0.4) is 0 Å². The maximum Gasteiger partial charge on any atom is 0.260 e. The molecule has 0 atom stereocenters. The number of nitrogens with zero attached hydrogens (tertiary/aromatic N) is 3. The highest BCUT2D eigenvalue weighted by Crippen LogP contribution is 2.40. The lowest BCUT2D eigenvalue weighted by molar-refractivity contribution is 0.0985. The number of rotatable bonds is 5. The van der Waals surface area contributed by atoms with E-state index in [1.807, 2.05) is 31.1 Å². The number of aromatic nitrogens is 1. The number of amides is 1. The van der Waals surface area contributed by atoms with E-state index in [0.29, 0.717) is 40.3 Å². The number of likely N-dealkylation sites (N-methyl/N-ethyl adjacent to an activating group) is 1. The lowest BCUT2D eigenvalue weighted by Gasteiger charge is -2.22. The van der Waals surface area contributed by atoms with Gasteiger partial charge in [-0.2, -0.15) is 0 Å². The second-order valence-electron chi connectivity index (χ2n) is 6.44. The van der Waals surface area contributed by atoms with Crippen molar-refractivity contribution in [2.45, 2.75) is 0 Å². The maximum absolute atomic E-state index is 13.2. The third-order valence-electron chi connectivity index (χ3n) is 4.19. The van der Waals surface area contributed by atoms with E-state index in [1.165, 1.54) is 11.3 Å². The Morgan fingerprint density at radius 1 is 1.19 bits per heavy atom. The number of benzene rings is 2. The molecule has 1 amide bonds. The first kappa shape index (κ1) is 18.0. The molecule has 2 aromatic carbocycles. The van der Waals surface area contributed by atoms with Crippen LogP contribution in [0.1, 0.15) is 10.4 Å². The van der Waals surface area contributed by atoms with Crippen LogP contribution in [0.4, 0.5) is 5.13 Å². The smallest absolute Gasteiger partial charge is 0.260 e. The summed E-state index contributed by atoms with van der Waals surface area (Å²) in [6.45, 7) is 1.46. The van der Waals surface area contributed by atoms with Gasteiger partial charge >= 0.3 is 0 Å². The summed E-state index contributed by atoms with van der Waals surface area (Å²) in [5.41, 5.74) is 1.32. The minimum absolute atomic E-state index is 0.126. The molecule has 6 nitrogen and oxygen atoms in total. The summed E-state index contributed by atoms with van der Waals surface area (Å²) in [6, 6.07) is 10.7. The third-order valence-corrected chi connectivity index (χ3v) is 5.47. The van der Waals surface area contributed by atoms with Gasteiger partial charge in [-0.05, 0) is 32.3 Å². The van der Waals surface area contributed by atoms with Crippen molar-refractivity contribution in [2.24, 2.45) is 0 Å². The molecule has 140 valence electrons. The molecule has 0 bridgehead atoms. The number of carbonyl (C=O) groups is 1. The van der Waals surface area contributed by atoms with Crippen molar-refractivity contribution in [1.82, 2.24) is 9.88 Å². The van der Waals surface area contributed by atoms with Crippen LogP contribution in [0, 0.1) is 0 Å². The van der Waals surface area contributed by atoms with Crippen molar-refractivity contribution < 1.29 is 14.3 Å². The van der Waals surface area contributed by atoms with E-state index in [0.717, 1.165) is 10.2 Å². The molecular formula is C19H18ClN3O3S. The van der Waals surface area contributed by atoms with Gasteiger partial charge in [-0.15, -0.1) is 0 Å². The zero-order valence-corrected chi connectivity index (χ0v) is 16.5. The Hall–Kier alpha value is -2.35. The highest BCUT2D eigenvalue weighted by atomic mass is 35.5. The van der Waals surface area contributed by atoms with Gasteiger partial charge in [0.1, 0.15) is 0 Å². The molecule has 0 radical (unpaired) electrons. The van der Waals surface area contributed by atoms with E-state index in [4.69, 9.17) is 21.1 Å². The minimum atomic E-state index is -0.126. The largest absolute Gasteiger partial charge is 0.454 e. The zero-order valence-electron chi connectivity index (χ0n) is 14.9. The SMILES string of the molecule is CN(C)CCN(C(=O)c1cccc(Cl)c1)c1nc2cc3c(cc2s1)OCO3. The predicted molar refractivity (Wildman–Crippen MR) is 107 cm³/mol. The van der Waals surface area contributed by atoms with Crippen LogP contribution in [0.5, 0.6) is 11.5 Å². The van der Waals surface area contributed by atoms with E-state index < -0.39 is 0 Å². The van der Waals surface area contributed by atoms with Crippen LogP contribution in [-0.2, 0) is 0 Å². The molecule has 0 unspecified atom stereocenters. The molecule has 1 aliphatic heterocycles. The Morgan fingerprint density at radius 2 is 1.96 bits per heavy atom. The summed E-state index contributed by atoms with van der Waals surface area (Å²) < 4.78 is 11.8. The Labute approximate surface area is 165 Å². The van der Waals surface area contributed by atoms with Gasteiger partial charge in [-0.25, -0.2) is 4.98 Å². The van der Waals surface area contributed by atoms with Gasteiger partial charge < -0.3 is 14.4 Å². The Morgan fingerprint density at radius 3 is 2.70 bits per heavy atom. The summed E-state index contributed by atoms with van der Waals surface area (Å²) in [6.07, 6.45) is 0. The quantitative estimate of drug-likeness (QED) is 0.647. The molecule has 3 aromatic rings. The number of anilines is 1. The van der Waals surface area contributed by atoms with Crippen LogP contribution in [0.2, 0.25) is 5.02 Å². The number of halogens is 1. The molecule has 8 heteroatoms. The molecule has 0 saturated carbocycles. The summed E-state index contributed by atoms with van der Waals surface area (Å²) >= 11 is 7.53. The number of hydrogen-bond acceptors (Lipinski definition) is 6. The first-order valence-electron chi connectivity index (χ1n) is 8.43. The first-order chi connectivity index (χ1) is 13.0. The van der Waals surface area contributed by atoms with Crippen LogP contribution in [0.25, 0.3) is 10.2 Å². The van der Waals surface area contributed by atoms with Crippen molar-refractivity contribution in [3.63, 3.8) is 0 Å². The van der Waals surface area contributed by atoms with Crippen LogP contribution in [-0.4, -0.2) is 49.8 Å². The second-order valence-corrected chi connectivity index (χ2v) is 7.89. The van der Waals surface area contributed by atoms with E-state index in [1.54, 1.807) is 29.2 Å². The van der Waals surface area contributed by atoms with Crippen molar-refractivity contribution in [3.05, 3.63) is 47.0 Å². The van der Waals surface area contributed by atoms with Crippen molar-refractivity contribution in [3.8, 4) is 11.5 Å². The monoisotopic (exact) mass is 403 g/mol. The lowest BCUT2D eigenvalue weighted by atomic mass is 10.2. The van der Waals surface area contributed by atoms with E-state index >= 15 is 0 Å². The molecule has 2 heterocycles. The molecule has 1 aliphatic rings. The van der Waals surface area contributed by atoms with E-state index in [9.17, 15) is 4.79 Å². The van der Waals surface area contributed by atoms with Gasteiger partial charge in [0.15, 0.2) is 16.6 Å². The molecule has 4 rings (SSSR count). The molecular weight excluding hydrogens is 386 g/mol. The lowest BCUT2D eigenvalue weighted by Crippen LogP contribution is -2.36. The molecule has 0 fully saturated rings. The van der Waals surface area contributed by atoms with Gasteiger partial charge in [0.05, 0.1) is 10.2 Å². The van der Waals surface area contributed by atoms with E-state index in [-0.39, 0.29) is 12.7 Å². The van der Waals surface area contributed by atoms with Gasteiger partial charge in [0.25, 0.3) is 5.91 Å². The molecule has 1 aromatic heterocycles. The average Bonchev–Trinajstić information content (AvgIpc) is 3.24.